The van der Waals surface area contributed by atoms with E-state index in [0.717, 1.165) is 18.7 Å². The summed E-state index contributed by atoms with van der Waals surface area (Å²) in [7, 11) is 2.06. The van der Waals surface area contributed by atoms with Crippen LogP contribution in [0.25, 0.3) is 0 Å². The molecule has 0 bridgehead atoms. The molecule has 0 saturated carbocycles. The molecule has 0 aromatic heterocycles. The summed E-state index contributed by atoms with van der Waals surface area (Å²) in [6.07, 6.45) is 0.999. The van der Waals surface area contributed by atoms with Gasteiger partial charge in [-0.2, -0.15) is 0 Å². The van der Waals surface area contributed by atoms with Crippen LogP contribution in [0.2, 0.25) is 0 Å². The highest BCUT2D eigenvalue weighted by atomic mass is 16.4. The molecule has 3 N–H and O–H groups in total. The van der Waals surface area contributed by atoms with Gasteiger partial charge in [0.25, 0.3) is 0 Å². The van der Waals surface area contributed by atoms with Gasteiger partial charge in [-0.3, -0.25) is 0 Å². The van der Waals surface area contributed by atoms with Gasteiger partial charge in [0.05, 0.1) is 0 Å². The van der Waals surface area contributed by atoms with Gasteiger partial charge in [-0.15, -0.1) is 0 Å². The van der Waals surface area contributed by atoms with Crippen LogP contribution in [-0.4, -0.2) is 24.6 Å². The Morgan fingerprint density at radius 3 is 2.35 bits per heavy atom. The summed E-state index contributed by atoms with van der Waals surface area (Å²) < 4.78 is 0. The molecule has 2 rings (SSSR count). The molecule has 0 spiro atoms. The van der Waals surface area contributed by atoms with E-state index in [4.69, 9.17) is 10.9 Å². The second-order valence-electron chi connectivity index (χ2n) is 4.69. The fraction of sp³-hybridized carbons (Fsp3) is 0.188. The number of nitrogens with two attached hydrogens (primary N) is 1. The Morgan fingerprint density at radius 2 is 1.75 bits per heavy atom. The summed E-state index contributed by atoms with van der Waals surface area (Å²) in [6, 6.07) is 18.1. The van der Waals surface area contributed by atoms with Crippen molar-refractivity contribution in [1.29, 1.82) is 0 Å². The molecular weight excluding hydrogens is 250 g/mol. The average Bonchev–Trinajstić information content (AvgIpc) is 2.53. The van der Waals surface area contributed by atoms with E-state index >= 15 is 0 Å². The zero-order valence-corrected chi connectivity index (χ0v) is 11.5. The Hall–Kier alpha value is -2.49. The number of amidine groups is 1. The van der Waals surface area contributed by atoms with Crippen molar-refractivity contribution >= 4 is 11.5 Å². The molecule has 0 aliphatic carbocycles. The van der Waals surface area contributed by atoms with Crippen LogP contribution in [0.3, 0.4) is 0 Å². The molecule has 2 aromatic rings. The van der Waals surface area contributed by atoms with Crippen LogP contribution in [0.15, 0.2) is 59.8 Å². The minimum atomic E-state index is 0.128. The Bertz CT molecular complexity index is 564. The fourth-order valence-electron chi connectivity index (χ4n) is 2.01. The normalized spacial score (nSPS) is 11.3. The molecule has 4 heteroatoms. The van der Waals surface area contributed by atoms with E-state index in [-0.39, 0.29) is 5.84 Å². The summed E-state index contributed by atoms with van der Waals surface area (Å²) in [5, 5.41) is 11.6. The molecule has 0 radical (unpaired) electrons. The fourth-order valence-corrected chi connectivity index (χ4v) is 2.01. The number of benzene rings is 2. The van der Waals surface area contributed by atoms with Crippen molar-refractivity contribution < 1.29 is 5.21 Å². The van der Waals surface area contributed by atoms with E-state index in [1.165, 1.54) is 5.56 Å². The number of oxime groups is 1. The summed E-state index contributed by atoms with van der Waals surface area (Å²) >= 11 is 0. The first kappa shape index (κ1) is 13.9. The van der Waals surface area contributed by atoms with Crippen LogP contribution >= 0.6 is 0 Å². The van der Waals surface area contributed by atoms with Crippen molar-refractivity contribution in [2.24, 2.45) is 10.9 Å². The van der Waals surface area contributed by atoms with Crippen LogP contribution < -0.4 is 10.6 Å². The van der Waals surface area contributed by atoms with Crippen LogP contribution in [-0.2, 0) is 6.42 Å². The second kappa shape index (κ2) is 6.61. The van der Waals surface area contributed by atoms with Gasteiger partial charge in [0.1, 0.15) is 0 Å². The van der Waals surface area contributed by atoms with E-state index < -0.39 is 0 Å². The molecule has 2 aromatic carbocycles. The maximum absolute atomic E-state index is 8.63. The van der Waals surface area contributed by atoms with Gasteiger partial charge in [-0.1, -0.05) is 35.5 Å². The second-order valence-corrected chi connectivity index (χ2v) is 4.69. The predicted molar refractivity (Wildman–Crippen MR) is 82.4 cm³/mol. The van der Waals surface area contributed by atoms with Gasteiger partial charge >= 0.3 is 0 Å². The van der Waals surface area contributed by atoms with E-state index in [2.05, 4.69) is 41.4 Å². The van der Waals surface area contributed by atoms with Crippen molar-refractivity contribution in [2.45, 2.75) is 6.42 Å². The lowest BCUT2D eigenvalue weighted by molar-refractivity contribution is 0.318. The molecule has 4 nitrogen and oxygen atoms in total. The first-order chi connectivity index (χ1) is 9.70. The van der Waals surface area contributed by atoms with Gasteiger partial charge in [0, 0.05) is 24.8 Å². The monoisotopic (exact) mass is 269 g/mol. The number of likely N-dealkylation sites (N-methyl/N-ethyl adjacent to an activating group) is 1. The molecule has 0 aliphatic heterocycles. The van der Waals surface area contributed by atoms with Crippen molar-refractivity contribution in [3.05, 3.63) is 65.7 Å². The zero-order valence-electron chi connectivity index (χ0n) is 11.5. The summed E-state index contributed by atoms with van der Waals surface area (Å²) in [4.78, 5) is 2.18. The maximum atomic E-state index is 8.63. The van der Waals surface area contributed by atoms with E-state index in [9.17, 15) is 0 Å². The zero-order chi connectivity index (χ0) is 14.4. The highest BCUT2D eigenvalue weighted by Gasteiger charge is 2.03. The van der Waals surface area contributed by atoms with Crippen LogP contribution in [0, 0.1) is 0 Å². The van der Waals surface area contributed by atoms with Crippen molar-refractivity contribution in [3.8, 4) is 0 Å². The SMILES string of the molecule is CN(CCc1ccccc1)c1ccc(C(N)=NO)cc1. The van der Waals surface area contributed by atoms with Crippen molar-refractivity contribution in [2.75, 3.05) is 18.5 Å². The molecule has 0 atom stereocenters. The van der Waals surface area contributed by atoms with E-state index in [1.54, 1.807) is 0 Å². The summed E-state index contributed by atoms with van der Waals surface area (Å²) in [5.74, 6) is 0.128. The molecule has 0 saturated heterocycles. The lowest BCUT2D eigenvalue weighted by Crippen LogP contribution is -2.20. The average molecular weight is 269 g/mol. The van der Waals surface area contributed by atoms with Gasteiger partial charge in [0.15, 0.2) is 5.84 Å². The number of rotatable bonds is 5. The smallest absolute Gasteiger partial charge is 0.170 e. The minimum absolute atomic E-state index is 0.128. The first-order valence-electron chi connectivity index (χ1n) is 6.53. The maximum Gasteiger partial charge on any atom is 0.170 e. The predicted octanol–water partition coefficient (Wildman–Crippen LogP) is 2.46. The van der Waals surface area contributed by atoms with Crippen molar-refractivity contribution in [1.82, 2.24) is 0 Å². The molecule has 104 valence electrons. The van der Waals surface area contributed by atoms with Gasteiger partial charge in [-0.05, 0) is 36.2 Å². The molecule has 0 aliphatic rings. The molecule has 0 heterocycles. The summed E-state index contributed by atoms with van der Waals surface area (Å²) in [5.41, 5.74) is 8.69. The first-order valence-corrected chi connectivity index (χ1v) is 6.53. The summed E-state index contributed by atoms with van der Waals surface area (Å²) in [6.45, 7) is 0.937. The Morgan fingerprint density at radius 1 is 1.10 bits per heavy atom. The number of hydrogen-bond donors (Lipinski definition) is 2. The highest BCUT2D eigenvalue weighted by molar-refractivity contribution is 5.97. The highest BCUT2D eigenvalue weighted by Crippen LogP contribution is 2.14. The lowest BCUT2D eigenvalue weighted by atomic mass is 10.1. The molecule has 20 heavy (non-hydrogen) atoms. The topological polar surface area (TPSA) is 61.8 Å². The Balaban J connectivity index is 1.97. The number of anilines is 1. The quantitative estimate of drug-likeness (QED) is 0.379. The third-order valence-electron chi connectivity index (χ3n) is 3.29. The number of nitrogens with zero attached hydrogens (tertiary/aromatic N) is 2. The van der Waals surface area contributed by atoms with Crippen LogP contribution in [0.1, 0.15) is 11.1 Å². The number of hydrogen-bond acceptors (Lipinski definition) is 3. The van der Waals surface area contributed by atoms with Crippen LogP contribution in [0.4, 0.5) is 5.69 Å². The minimum Gasteiger partial charge on any atom is -0.409 e. The van der Waals surface area contributed by atoms with E-state index in [1.807, 2.05) is 30.3 Å². The van der Waals surface area contributed by atoms with Crippen molar-refractivity contribution in [3.63, 3.8) is 0 Å². The molecule has 0 unspecified atom stereocenters. The molecular formula is C16H19N3O. The van der Waals surface area contributed by atoms with Gasteiger partial charge in [-0.25, -0.2) is 0 Å². The van der Waals surface area contributed by atoms with Crippen LogP contribution in [0.5, 0.6) is 0 Å². The van der Waals surface area contributed by atoms with E-state index in [0.29, 0.717) is 5.56 Å². The largest absolute Gasteiger partial charge is 0.409 e. The third-order valence-corrected chi connectivity index (χ3v) is 3.29. The standard InChI is InChI=1S/C16H19N3O/c1-19(12-11-13-5-3-2-4-6-13)15-9-7-14(8-10-15)16(17)18-20/h2-10,20H,11-12H2,1H3,(H2,17,18). The molecule has 0 fully saturated rings. The Kier molecular flexibility index (Phi) is 4.60. The molecule has 0 amide bonds. The third kappa shape index (κ3) is 3.51. The Labute approximate surface area is 119 Å². The van der Waals surface area contributed by atoms with Gasteiger partial charge < -0.3 is 15.8 Å². The van der Waals surface area contributed by atoms with Gasteiger partial charge in [0.2, 0.25) is 0 Å². The lowest BCUT2D eigenvalue weighted by Gasteiger charge is -2.19.